The van der Waals surface area contributed by atoms with Crippen LogP contribution in [0.5, 0.6) is 0 Å². The van der Waals surface area contributed by atoms with E-state index in [1.54, 1.807) is 0 Å². The number of benzene rings is 6. The molecule has 7 rings (SSSR count). The molecule has 0 spiro atoms. The van der Waals surface area contributed by atoms with Crippen LogP contribution in [0.15, 0.2) is 144 Å². The zero-order valence-electron chi connectivity index (χ0n) is 20.6. The van der Waals surface area contributed by atoms with E-state index >= 15 is 0 Å². The molecular weight excluding hydrogens is 484 g/mol. The monoisotopic (exact) mass is 506 g/mol. The minimum atomic E-state index is 0.728. The summed E-state index contributed by atoms with van der Waals surface area (Å²) >= 11 is 6.82. The predicted molar refractivity (Wildman–Crippen MR) is 160 cm³/mol. The van der Waals surface area contributed by atoms with Gasteiger partial charge in [-0.2, -0.15) is 0 Å². The van der Waals surface area contributed by atoms with Crippen molar-refractivity contribution in [2.45, 2.75) is 0 Å². The first kappa shape index (κ1) is 22.6. The van der Waals surface area contributed by atoms with Crippen molar-refractivity contribution < 1.29 is 4.42 Å². The molecule has 0 aliphatic heterocycles. The van der Waals surface area contributed by atoms with Crippen LogP contribution in [0.2, 0.25) is 5.02 Å². The SMILES string of the molecule is Clc1cccc(-c2ccc3c(c2)oc2cccc(-c4ccccc4)c23)c1-c1ccc(-c2ccccc2)cc1. The maximum Gasteiger partial charge on any atom is 0.136 e. The lowest BCUT2D eigenvalue weighted by molar-refractivity contribution is 0.669. The lowest BCUT2D eigenvalue weighted by atomic mass is 9.92. The molecule has 0 atom stereocenters. The molecule has 2 heteroatoms. The largest absolute Gasteiger partial charge is 0.456 e. The Kier molecular flexibility index (Phi) is 5.57. The van der Waals surface area contributed by atoms with Gasteiger partial charge in [0.2, 0.25) is 0 Å². The normalized spacial score (nSPS) is 11.3. The number of rotatable bonds is 4. The van der Waals surface area contributed by atoms with Crippen molar-refractivity contribution in [1.82, 2.24) is 0 Å². The summed E-state index contributed by atoms with van der Waals surface area (Å²) in [5.74, 6) is 0. The number of halogens is 1. The van der Waals surface area contributed by atoms with Gasteiger partial charge in [-0.25, -0.2) is 0 Å². The highest BCUT2D eigenvalue weighted by Crippen LogP contribution is 2.42. The summed E-state index contributed by atoms with van der Waals surface area (Å²) in [6.45, 7) is 0. The third-order valence-corrected chi connectivity index (χ3v) is 7.50. The third kappa shape index (κ3) is 3.89. The summed E-state index contributed by atoms with van der Waals surface area (Å²) in [6, 6.07) is 48.3. The van der Waals surface area contributed by atoms with Crippen LogP contribution in [0.3, 0.4) is 0 Å². The van der Waals surface area contributed by atoms with Gasteiger partial charge in [0.05, 0.1) is 0 Å². The van der Waals surface area contributed by atoms with Crippen molar-refractivity contribution >= 4 is 33.5 Å². The Morgan fingerprint density at radius 2 is 1.03 bits per heavy atom. The van der Waals surface area contributed by atoms with E-state index in [1.807, 2.05) is 30.3 Å². The van der Waals surface area contributed by atoms with Gasteiger partial charge < -0.3 is 4.42 Å². The highest BCUT2D eigenvalue weighted by molar-refractivity contribution is 6.34. The van der Waals surface area contributed by atoms with Gasteiger partial charge >= 0.3 is 0 Å². The molecule has 7 aromatic rings. The number of hydrogen-bond donors (Lipinski definition) is 0. The van der Waals surface area contributed by atoms with Crippen LogP contribution >= 0.6 is 11.6 Å². The second-order valence-electron chi connectivity index (χ2n) is 9.46. The smallest absolute Gasteiger partial charge is 0.136 e. The van der Waals surface area contributed by atoms with Gasteiger partial charge in [-0.05, 0) is 63.2 Å². The molecule has 0 amide bonds. The maximum atomic E-state index is 6.82. The topological polar surface area (TPSA) is 13.1 Å². The zero-order chi connectivity index (χ0) is 25.5. The maximum absolute atomic E-state index is 6.82. The van der Waals surface area contributed by atoms with Crippen molar-refractivity contribution in [3.8, 4) is 44.5 Å². The van der Waals surface area contributed by atoms with Gasteiger partial charge in [0, 0.05) is 21.4 Å². The van der Waals surface area contributed by atoms with E-state index in [0.29, 0.717) is 0 Å². The summed E-state index contributed by atoms with van der Waals surface area (Å²) in [6.07, 6.45) is 0. The van der Waals surface area contributed by atoms with E-state index in [1.165, 1.54) is 22.3 Å². The van der Waals surface area contributed by atoms with Crippen LogP contribution in [0.4, 0.5) is 0 Å². The molecule has 38 heavy (non-hydrogen) atoms. The summed E-state index contributed by atoms with van der Waals surface area (Å²) in [7, 11) is 0. The van der Waals surface area contributed by atoms with Crippen LogP contribution in [-0.2, 0) is 0 Å². The van der Waals surface area contributed by atoms with Crippen LogP contribution in [0.1, 0.15) is 0 Å². The van der Waals surface area contributed by atoms with Crippen LogP contribution in [-0.4, -0.2) is 0 Å². The molecule has 1 aromatic heterocycles. The van der Waals surface area contributed by atoms with E-state index in [2.05, 4.69) is 109 Å². The van der Waals surface area contributed by atoms with Crippen molar-refractivity contribution in [3.63, 3.8) is 0 Å². The van der Waals surface area contributed by atoms with Gasteiger partial charge in [-0.15, -0.1) is 0 Å². The van der Waals surface area contributed by atoms with E-state index in [4.69, 9.17) is 16.0 Å². The Morgan fingerprint density at radius 3 is 1.79 bits per heavy atom. The van der Waals surface area contributed by atoms with Crippen LogP contribution in [0.25, 0.3) is 66.4 Å². The van der Waals surface area contributed by atoms with Crippen LogP contribution in [0, 0.1) is 0 Å². The fraction of sp³-hybridized carbons (Fsp3) is 0. The summed E-state index contributed by atoms with van der Waals surface area (Å²) in [4.78, 5) is 0. The number of hydrogen-bond acceptors (Lipinski definition) is 1. The molecule has 1 heterocycles. The molecule has 0 radical (unpaired) electrons. The van der Waals surface area contributed by atoms with Crippen molar-refractivity contribution in [2.75, 3.05) is 0 Å². The third-order valence-electron chi connectivity index (χ3n) is 7.19. The Bertz CT molecular complexity index is 1900. The second-order valence-corrected chi connectivity index (χ2v) is 9.87. The Hall–Kier alpha value is -4.59. The first-order chi connectivity index (χ1) is 18.8. The van der Waals surface area contributed by atoms with E-state index in [9.17, 15) is 0 Å². The predicted octanol–water partition coefficient (Wildman–Crippen LogP) is 10.9. The van der Waals surface area contributed by atoms with Crippen molar-refractivity contribution in [3.05, 3.63) is 145 Å². The molecule has 0 fully saturated rings. The van der Waals surface area contributed by atoms with Gasteiger partial charge in [-0.3, -0.25) is 0 Å². The molecule has 0 saturated carbocycles. The van der Waals surface area contributed by atoms with Gasteiger partial charge in [-0.1, -0.05) is 127 Å². The quantitative estimate of drug-likeness (QED) is 0.231. The van der Waals surface area contributed by atoms with Crippen LogP contribution < -0.4 is 0 Å². The molecule has 180 valence electrons. The molecule has 1 nitrogen and oxygen atoms in total. The first-order valence-electron chi connectivity index (χ1n) is 12.7. The first-order valence-corrected chi connectivity index (χ1v) is 13.1. The zero-order valence-corrected chi connectivity index (χ0v) is 21.3. The molecule has 0 N–H and O–H groups in total. The minimum absolute atomic E-state index is 0.728. The van der Waals surface area contributed by atoms with Gasteiger partial charge in [0.1, 0.15) is 11.2 Å². The summed E-state index contributed by atoms with van der Waals surface area (Å²) in [5, 5.41) is 2.98. The van der Waals surface area contributed by atoms with Crippen molar-refractivity contribution in [2.24, 2.45) is 0 Å². The average Bonchev–Trinajstić information content (AvgIpc) is 3.36. The van der Waals surface area contributed by atoms with E-state index < -0.39 is 0 Å². The Labute approximate surface area is 226 Å². The second kappa shape index (κ2) is 9.37. The van der Waals surface area contributed by atoms with Crippen molar-refractivity contribution in [1.29, 1.82) is 0 Å². The highest BCUT2D eigenvalue weighted by atomic mass is 35.5. The fourth-order valence-electron chi connectivity index (χ4n) is 5.37. The molecule has 0 bridgehead atoms. The average molecular weight is 507 g/mol. The fourth-order valence-corrected chi connectivity index (χ4v) is 5.65. The molecule has 0 saturated heterocycles. The van der Waals surface area contributed by atoms with E-state index in [-0.39, 0.29) is 0 Å². The lowest BCUT2D eigenvalue weighted by Gasteiger charge is -2.13. The molecular formula is C36H23ClO. The standard InChI is InChI=1S/C36H23ClO/c37-32-15-7-13-30(35(32)27-19-17-25(18-20-27)24-9-3-1-4-10-24)28-21-22-31-34(23-28)38-33-16-8-14-29(36(31)33)26-11-5-2-6-12-26/h1-23H. The number of fused-ring (bicyclic) bond motifs is 3. The summed E-state index contributed by atoms with van der Waals surface area (Å²) in [5.41, 5.74) is 10.8. The molecule has 6 aromatic carbocycles. The molecule has 0 unspecified atom stereocenters. The van der Waals surface area contributed by atoms with Gasteiger partial charge in [0.25, 0.3) is 0 Å². The Morgan fingerprint density at radius 1 is 0.421 bits per heavy atom. The molecule has 0 aliphatic rings. The van der Waals surface area contributed by atoms with E-state index in [0.717, 1.165) is 49.2 Å². The molecule has 0 aliphatic carbocycles. The lowest BCUT2D eigenvalue weighted by Crippen LogP contribution is -1.87. The minimum Gasteiger partial charge on any atom is -0.456 e. The van der Waals surface area contributed by atoms with Gasteiger partial charge in [0.15, 0.2) is 0 Å². The summed E-state index contributed by atoms with van der Waals surface area (Å²) < 4.78 is 6.38. The highest BCUT2D eigenvalue weighted by Gasteiger charge is 2.16. The number of furan rings is 1. The Balaban J connectivity index is 1.35.